The molecule has 2 aromatic carbocycles. The number of nitriles is 1. The van der Waals surface area contributed by atoms with Crippen LogP contribution in [0.1, 0.15) is 5.56 Å². The largest absolute Gasteiger partial charge is 0.373 e. The highest BCUT2D eigenvalue weighted by Gasteiger charge is 2.19. The van der Waals surface area contributed by atoms with Gasteiger partial charge in [-0.15, -0.1) is 0 Å². The Morgan fingerprint density at radius 3 is 2.41 bits per heavy atom. The van der Waals surface area contributed by atoms with Gasteiger partial charge in [-0.25, -0.2) is 4.39 Å². The summed E-state index contributed by atoms with van der Waals surface area (Å²) in [5.41, 5.74) is 2.38. The van der Waals surface area contributed by atoms with Crippen molar-refractivity contribution in [3.63, 3.8) is 0 Å². The van der Waals surface area contributed by atoms with E-state index in [0.717, 1.165) is 5.56 Å². The highest BCUT2D eigenvalue weighted by Crippen LogP contribution is 2.20. The van der Waals surface area contributed by atoms with Gasteiger partial charge < -0.3 is 15.1 Å². The number of amides is 1. The number of aryl methyl sites for hydroxylation is 1. The number of nitrogens with one attached hydrogen (secondary N) is 1. The molecule has 1 amide bonds. The molecule has 1 fully saturated rings. The second kappa shape index (κ2) is 8.37. The van der Waals surface area contributed by atoms with E-state index in [-0.39, 0.29) is 11.4 Å². The lowest BCUT2D eigenvalue weighted by atomic mass is 10.2. The molecule has 0 aromatic heterocycles. The minimum Gasteiger partial charge on any atom is -0.373 e. The number of benzene rings is 2. The molecule has 3 rings (SSSR count). The molecule has 0 saturated carbocycles. The van der Waals surface area contributed by atoms with E-state index < -0.39 is 5.91 Å². The summed E-state index contributed by atoms with van der Waals surface area (Å²) in [5, 5.41) is 12.1. The van der Waals surface area contributed by atoms with Gasteiger partial charge in [0, 0.05) is 38.1 Å². The molecule has 27 heavy (non-hydrogen) atoms. The molecule has 138 valence electrons. The fourth-order valence-electron chi connectivity index (χ4n) is 2.96. The van der Waals surface area contributed by atoms with Crippen LogP contribution in [0.5, 0.6) is 0 Å². The first-order valence-corrected chi connectivity index (χ1v) is 8.80. The number of hydrogen-bond donors (Lipinski definition) is 1. The number of para-hydroxylation sites is 1. The summed E-state index contributed by atoms with van der Waals surface area (Å²) in [4.78, 5) is 16.2. The number of halogens is 1. The van der Waals surface area contributed by atoms with E-state index >= 15 is 0 Å². The Morgan fingerprint density at radius 2 is 1.78 bits per heavy atom. The molecule has 5 nitrogen and oxygen atoms in total. The molecular formula is C21H21FN4O. The summed E-state index contributed by atoms with van der Waals surface area (Å²) in [6.07, 6.45) is 1.59. The lowest BCUT2D eigenvalue weighted by Crippen LogP contribution is -2.44. The highest BCUT2D eigenvalue weighted by atomic mass is 19.1. The van der Waals surface area contributed by atoms with Crippen LogP contribution in [0, 0.1) is 24.1 Å². The topological polar surface area (TPSA) is 59.4 Å². The van der Waals surface area contributed by atoms with E-state index in [2.05, 4.69) is 5.32 Å². The maximum Gasteiger partial charge on any atom is 0.267 e. The first-order chi connectivity index (χ1) is 13.1. The first-order valence-electron chi connectivity index (χ1n) is 8.80. The van der Waals surface area contributed by atoms with Crippen LogP contribution >= 0.6 is 0 Å². The Balaban J connectivity index is 1.61. The number of piperazine rings is 1. The average molecular weight is 364 g/mol. The fourth-order valence-corrected chi connectivity index (χ4v) is 2.96. The number of hydrogen-bond acceptors (Lipinski definition) is 4. The molecule has 1 aliphatic heterocycles. The van der Waals surface area contributed by atoms with E-state index in [0.29, 0.717) is 37.6 Å². The maximum absolute atomic E-state index is 13.9. The molecule has 0 unspecified atom stereocenters. The third-order valence-electron chi connectivity index (χ3n) is 4.49. The van der Waals surface area contributed by atoms with E-state index in [4.69, 9.17) is 0 Å². The number of carbonyl (C=O) groups is 1. The van der Waals surface area contributed by atoms with Crippen molar-refractivity contribution >= 4 is 17.3 Å². The Morgan fingerprint density at radius 1 is 1.11 bits per heavy atom. The number of rotatable bonds is 4. The minimum atomic E-state index is -0.433. The van der Waals surface area contributed by atoms with Gasteiger partial charge in [0.1, 0.15) is 17.5 Å². The summed E-state index contributed by atoms with van der Waals surface area (Å²) < 4.78 is 13.9. The van der Waals surface area contributed by atoms with Crippen molar-refractivity contribution in [2.75, 3.05) is 36.4 Å². The van der Waals surface area contributed by atoms with Crippen LogP contribution in [0.2, 0.25) is 0 Å². The summed E-state index contributed by atoms with van der Waals surface area (Å²) in [5.74, 6) is -0.672. The predicted octanol–water partition coefficient (Wildman–Crippen LogP) is 3.30. The molecule has 0 spiro atoms. The molecule has 1 N–H and O–H groups in total. The zero-order valence-electron chi connectivity index (χ0n) is 15.2. The summed E-state index contributed by atoms with van der Waals surface area (Å²) in [6.45, 7) is 4.42. The third kappa shape index (κ3) is 4.64. The second-order valence-corrected chi connectivity index (χ2v) is 6.45. The maximum atomic E-state index is 13.9. The molecule has 6 heteroatoms. The molecule has 0 atom stereocenters. The zero-order valence-corrected chi connectivity index (χ0v) is 15.2. The standard InChI is InChI=1S/C21H21FN4O/c1-16-6-8-18(9-7-16)24-21(27)17(14-23)15-25-10-12-26(13-11-25)20-5-3-2-4-19(20)22/h2-9,15H,10-13H2,1H3,(H,24,27)/b17-15-. The van der Waals surface area contributed by atoms with Crippen LogP contribution in [0.15, 0.2) is 60.3 Å². The van der Waals surface area contributed by atoms with E-state index in [1.165, 1.54) is 6.07 Å². The molecule has 1 heterocycles. The van der Waals surface area contributed by atoms with Crippen LogP contribution in [0.3, 0.4) is 0 Å². The summed E-state index contributed by atoms with van der Waals surface area (Å²) >= 11 is 0. The Kier molecular flexibility index (Phi) is 5.72. The van der Waals surface area contributed by atoms with Gasteiger partial charge in [-0.2, -0.15) is 5.26 Å². The van der Waals surface area contributed by atoms with Crippen LogP contribution < -0.4 is 10.2 Å². The second-order valence-electron chi connectivity index (χ2n) is 6.45. The van der Waals surface area contributed by atoms with Crippen molar-refractivity contribution in [1.82, 2.24) is 4.90 Å². The van der Waals surface area contributed by atoms with Crippen molar-refractivity contribution < 1.29 is 9.18 Å². The summed E-state index contributed by atoms with van der Waals surface area (Å²) in [6, 6.07) is 16.1. The molecule has 0 aliphatic carbocycles. The molecule has 1 aliphatic rings. The van der Waals surface area contributed by atoms with Gasteiger partial charge in [0.15, 0.2) is 0 Å². The Hall–Kier alpha value is -3.33. The fraction of sp³-hybridized carbons (Fsp3) is 0.238. The van der Waals surface area contributed by atoms with Crippen molar-refractivity contribution in [2.45, 2.75) is 6.92 Å². The van der Waals surface area contributed by atoms with Crippen LogP contribution in [0.25, 0.3) is 0 Å². The van der Waals surface area contributed by atoms with E-state index in [1.807, 2.05) is 41.0 Å². The van der Waals surface area contributed by atoms with Crippen LogP contribution in [0.4, 0.5) is 15.8 Å². The van der Waals surface area contributed by atoms with Gasteiger partial charge in [0.2, 0.25) is 0 Å². The minimum absolute atomic E-state index is 0.0508. The number of nitrogens with zero attached hydrogens (tertiary/aromatic N) is 3. The van der Waals surface area contributed by atoms with Gasteiger partial charge in [-0.3, -0.25) is 4.79 Å². The molecular weight excluding hydrogens is 343 g/mol. The Bertz CT molecular complexity index is 878. The van der Waals surface area contributed by atoms with Crippen molar-refractivity contribution in [1.29, 1.82) is 5.26 Å². The molecule has 0 bridgehead atoms. The molecule has 2 aromatic rings. The SMILES string of the molecule is Cc1ccc(NC(=O)/C(C#N)=C\N2CCN(c3ccccc3F)CC2)cc1. The van der Waals surface area contributed by atoms with E-state index in [9.17, 15) is 14.4 Å². The number of anilines is 2. The smallest absolute Gasteiger partial charge is 0.267 e. The average Bonchev–Trinajstić information content (AvgIpc) is 2.69. The van der Waals surface area contributed by atoms with Crippen LogP contribution in [-0.4, -0.2) is 37.0 Å². The van der Waals surface area contributed by atoms with Gasteiger partial charge in [0.05, 0.1) is 5.69 Å². The number of carbonyl (C=O) groups excluding carboxylic acids is 1. The quantitative estimate of drug-likeness (QED) is 0.668. The summed E-state index contributed by atoms with van der Waals surface area (Å²) in [7, 11) is 0. The lowest BCUT2D eigenvalue weighted by molar-refractivity contribution is -0.112. The molecule has 0 radical (unpaired) electrons. The zero-order chi connectivity index (χ0) is 19.2. The van der Waals surface area contributed by atoms with Crippen molar-refractivity contribution in [3.8, 4) is 6.07 Å². The third-order valence-corrected chi connectivity index (χ3v) is 4.49. The van der Waals surface area contributed by atoms with Crippen molar-refractivity contribution in [3.05, 3.63) is 71.7 Å². The highest BCUT2D eigenvalue weighted by molar-refractivity contribution is 6.06. The van der Waals surface area contributed by atoms with Gasteiger partial charge in [-0.1, -0.05) is 29.8 Å². The van der Waals surface area contributed by atoms with Gasteiger partial charge in [-0.05, 0) is 31.2 Å². The van der Waals surface area contributed by atoms with Gasteiger partial charge >= 0.3 is 0 Å². The van der Waals surface area contributed by atoms with Crippen molar-refractivity contribution in [2.24, 2.45) is 0 Å². The van der Waals surface area contributed by atoms with Crippen LogP contribution in [-0.2, 0) is 4.79 Å². The van der Waals surface area contributed by atoms with E-state index in [1.54, 1.807) is 30.5 Å². The molecule has 1 saturated heterocycles. The first kappa shape index (κ1) is 18.5. The van der Waals surface area contributed by atoms with Gasteiger partial charge in [0.25, 0.3) is 5.91 Å². The normalized spacial score (nSPS) is 14.6. The Labute approximate surface area is 158 Å². The predicted molar refractivity (Wildman–Crippen MR) is 104 cm³/mol. The monoisotopic (exact) mass is 364 g/mol. The lowest BCUT2D eigenvalue weighted by Gasteiger charge is -2.35.